The highest BCUT2D eigenvalue weighted by Gasteiger charge is 2.30. The smallest absolute Gasteiger partial charge is 0.348 e. The second kappa shape index (κ2) is 56.2. The van der Waals surface area contributed by atoms with Gasteiger partial charge in [0.2, 0.25) is 0 Å². The van der Waals surface area contributed by atoms with Gasteiger partial charge in [-0.05, 0) is 220 Å². The van der Waals surface area contributed by atoms with Crippen molar-refractivity contribution < 1.29 is 19.1 Å². The first-order valence-corrected chi connectivity index (χ1v) is 62.8. The van der Waals surface area contributed by atoms with Crippen molar-refractivity contribution in [3.05, 3.63) is 138 Å². The van der Waals surface area contributed by atoms with Crippen molar-refractivity contribution in [1.82, 2.24) is 0 Å². The minimum absolute atomic E-state index is 0.0767. The lowest BCUT2D eigenvalue weighted by Gasteiger charge is -2.14. The van der Waals surface area contributed by atoms with Crippen LogP contribution in [0.5, 0.6) is 0 Å². The zero-order valence-electron chi connectivity index (χ0n) is 83.9. The Hall–Kier alpha value is -5.94. The van der Waals surface area contributed by atoms with Crippen molar-refractivity contribution in [1.29, 1.82) is 10.5 Å². The highest BCUT2D eigenvalue weighted by molar-refractivity contribution is 7.36. The van der Waals surface area contributed by atoms with Crippen molar-refractivity contribution in [2.45, 2.75) is 378 Å². The maximum Gasteiger partial charge on any atom is 0.348 e. The first kappa shape index (κ1) is 107. The van der Waals surface area contributed by atoms with Gasteiger partial charge >= 0.3 is 11.9 Å². The number of nitrogens with zero attached hydrogens (tertiary/aromatic N) is 2. The van der Waals surface area contributed by atoms with Crippen molar-refractivity contribution >= 4 is 199 Å². The second-order valence-corrected chi connectivity index (χ2v) is 51.6. The van der Waals surface area contributed by atoms with Gasteiger partial charge in [-0.25, -0.2) is 9.59 Å². The molecule has 0 fully saturated rings. The first-order chi connectivity index (χ1) is 66.6. The van der Waals surface area contributed by atoms with Gasteiger partial charge in [0.1, 0.15) is 23.3 Å². The Kier molecular flexibility index (Phi) is 44.4. The zero-order chi connectivity index (χ0) is 95.7. The van der Waals surface area contributed by atoms with Crippen molar-refractivity contribution in [3.63, 3.8) is 0 Å². The molecular weight excluding hydrogens is 1890 g/mol. The highest BCUT2D eigenvalue weighted by atomic mass is 32.1. The summed E-state index contributed by atoms with van der Waals surface area (Å²) in [5, 5.41) is 23.8. The van der Waals surface area contributed by atoms with Gasteiger partial charge in [0.05, 0.1) is 13.2 Å². The van der Waals surface area contributed by atoms with Crippen LogP contribution in [0.1, 0.15) is 382 Å². The summed E-state index contributed by atoms with van der Waals surface area (Å²) >= 11 is 23.5. The van der Waals surface area contributed by atoms with Gasteiger partial charge in [-0.1, -0.05) is 301 Å². The van der Waals surface area contributed by atoms with Crippen LogP contribution < -0.4 is 0 Å². The van der Waals surface area contributed by atoms with Crippen LogP contribution in [-0.4, -0.2) is 25.2 Å². The lowest BCUT2D eigenvalue weighted by molar-refractivity contribution is -0.140. The number of carbonyl (C=O) groups is 2. The minimum Gasteiger partial charge on any atom is -0.461 e. The van der Waals surface area contributed by atoms with Crippen LogP contribution in [0, 0.1) is 46.3 Å². The molecular formula is C118H152N2O4S12. The topological polar surface area (TPSA) is 100 Å². The molecule has 0 aliphatic heterocycles. The predicted molar refractivity (Wildman–Crippen MR) is 613 cm³/mol. The van der Waals surface area contributed by atoms with E-state index < -0.39 is 11.9 Å². The standard InChI is InChI=1S/C118H152N2O4S12/c1-13-25-33-37-41-45-53-83-63-91(65-87(75-119)117(121)123-77-81(23-11)51-31-19-7)127-111(83)105-71-101-103(129-105)73-107(131-101)113-85(55-47-43-39-35-27-15-3)67-97(133-113)99-69-93-109(95-59-57-89(125-95)61-79(21-9)49-29-17-5)116-94(110(115(93)135-99)96-60-58-90(126-96)62-80(22-10)50-30-18-6)70-100(136-116)98-68-86(56-48-44-40-36-28-16-4)114(134-98)108-74-104-102(132-108)72-106(130-104)112-84(54-46-42-38-34-26-14-2)64-92(128-112)66-88(76-120)118(122)124-78-82(24-12)52-32-20-8/h57-60,63-74,79-82H,13-56,61-62,77-78H2,1-12H3/b87-65+,88-66+. The third kappa shape index (κ3) is 29.2. The Bertz CT molecular complexity index is 5570. The molecule has 0 amide bonds. The highest BCUT2D eigenvalue weighted by Crippen LogP contribution is 2.58. The molecule has 0 bridgehead atoms. The van der Waals surface area contributed by atoms with E-state index in [0.717, 1.165) is 112 Å². The quantitative estimate of drug-likeness (QED) is 0.0163. The molecule has 13 rings (SSSR count). The summed E-state index contributed by atoms with van der Waals surface area (Å²) in [7, 11) is 0. The number of benzene rings is 1. The second-order valence-electron chi connectivity index (χ2n) is 38.5. The predicted octanol–water partition coefficient (Wildman–Crippen LogP) is 42.8. The van der Waals surface area contributed by atoms with Gasteiger partial charge in [-0.2, -0.15) is 10.5 Å². The fourth-order valence-corrected chi connectivity index (χ4v) is 34.5. The van der Waals surface area contributed by atoms with E-state index in [1.807, 2.05) is 68.0 Å². The van der Waals surface area contributed by atoms with E-state index in [2.05, 4.69) is 225 Å². The lowest BCUT2D eigenvalue weighted by atomic mass is 9.95. The SMILES string of the molecule is CCCCCCCCc1cc(/C=C(\C#N)C(=O)OCC(CC)CCCC)sc1-c1cc2sc(-c3sc(-c4cc5c(-c6ccc(CC(CC)CCCC)s6)c6sc(-c7cc(CCCCCCCC)c(-c8cc9sc(-c%10sc(/C=C(\C#N)C(=O)OCC(CC)CCCC)cc%10CCCCCCCC)cc9s8)s7)cc6c(-c6ccc(CC(CC)CCCC)s6)c5s4)cc3CCCCCCCC)cc2s1. The molecule has 136 heavy (non-hydrogen) atoms. The number of esters is 2. The van der Waals surface area contributed by atoms with E-state index in [1.165, 1.54) is 343 Å². The lowest BCUT2D eigenvalue weighted by Crippen LogP contribution is -2.14. The van der Waals surface area contributed by atoms with Crippen LogP contribution in [0.4, 0.5) is 0 Å². The molecule has 12 heterocycles. The molecule has 13 aromatic rings. The van der Waals surface area contributed by atoms with Gasteiger partial charge in [0.15, 0.2) is 0 Å². The molecule has 0 N–H and O–H groups in total. The Labute approximate surface area is 865 Å². The largest absolute Gasteiger partial charge is 0.461 e. The summed E-state index contributed by atoms with van der Waals surface area (Å²) in [5.74, 6) is 0.897. The van der Waals surface area contributed by atoms with Crippen molar-refractivity contribution in [3.8, 4) is 91.5 Å². The fourth-order valence-electron chi connectivity index (χ4n) is 19.3. The summed E-state index contributed by atoms with van der Waals surface area (Å²) in [4.78, 5) is 51.1. The Morgan fingerprint density at radius 3 is 0.890 bits per heavy atom. The summed E-state index contributed by atoms with van der Waals surface area (Å²) in [6.07, 6.45) is 57.9. The average Bonchev–Trinajstić information content (AvgIpc) is 1.56. The maximum absolute atomic E-state index is 13.7. The van der Waals surface area contributed by atoms with E-state index in [1.54, 1.807) is 34.8 Å². The van der Waals surface area contributed by atoms with E-state index in [-0.39, 0.29) is 11.1 Å². The Morgan fingerprint density at radius 2 is 0.581 bits per heavy atom. The summed E-state index contributed by atoms with van der Waals surface area (Å²) < 4.78 is 19.9. The van der Waals surface area contributed by atoms with Gasteiger partial charge in [-0.15, -0.1) is 136 Å². The number of carbonyl (C=O) groups excluding carboxylic acids is 2. The molecule has 18 heteroatoms. The molecule has 4 unspecified atom stereocenters. The third-order valence-electron chi connectivity index (χ3n) is 27.8. The molecule has 0 radical (unpaired) electrons. The molecule has 4 atom stereocenters. The van der Waals surface area contributed by atoms with Gasteiger partial charge in [0, 0.05) is 138 Å². The van der Waals surface area contributed by atoms with Crippen molar-refractivity contribution in [2.24, 2.45) is 23.7 Å². The Morgan fingerprint density at radius 1 is 0.294 bits per heavy atom. The van der Waals surface area contributed by atoms with Crippen LogP contribution in [0.3, 0.4) is 0 Å². The Balaban J connectivity index is 0.920. The molecule has 0 aliphatic rings. The van der Waals surface area contributed by atoms with E-state index in [9.17, 15) is 20.1 Å². The molecule has 12 aromatic heterocycles. The normalized spacial score (nSPS) is 13.1. The number of nitriles is 2. The number of hydrogen-bond donors (Lipinski definition) is 0. The fraction of sp³-hybridized carbons (Fsp3) is 0.542. The van der Waals surface area contributed by atoms with E-state index in [4.69, 9.17) is 9.47 Å². The summed E-state index contributed by atoms with van der Waals surface area (Å²) in [6.45, 7) is 28.2. The maximum atomic E-state index is 13.7. The van der Waals surface area contributed by atoms with Crippen LogP contribution >= 0.6 is 136 Å². The van der Waals surface area contributed by atoms with Gasteiger partial charge in [-0.3, -0.25) is 0 Å². The van der Waals surface area contributed by atoms with Gasteiger partial charge < -0.3 is 9.47 Å². The number of aryl methyl sites for hydroxylation is 4. The number of hydrogen-bond acceptors (Lipinski definition) is 18. The number of ether oxygens (including phenoxy) is 2. The van der Waals surface area contributed by atoms with Crippen LogP contribution in [0.25, 0.3) is 131 Å². The van der Waals surface area contributed by atoms with E-state index >= 15 is 0 Å². The average molecular weight is 2050 g/mol. The summed E-state index contributed by atoms with van der Waals surface area (Å²) in [6, 6.07) is 39.6. The number of unbranched alkanes of at least 4 members (excludes halogenated alkanes) is 24. The molecule has 0 spiro atoms. The monoisotopic (exact) mass is 2040 g/mol. The number of fused-ring (bicyclic) bond motifs is 4. The van der Waals surface area contributed by atoms with E-state index in [0.29, 0.717) is 36.9 Å². The van der Waals surface area contributed by atoms with Crippen LogP contribution in [0.2, 0.25) is 0 Å². The zero-order valence-corrected chi connectivity index (χ0v) is 93.7. The third-order valence-corrected chi connectivity index (χ3v) is 42.7. The number of rotatable bonds is 64. The van der Waals surface area contributed by atoms with Crippen LogP contribution in [0.15, 0.2) is 96.1 Å². The van der Waals surface area contributed by atoms with Crippen LogP contribution in [-0.2, 0) is 57.6 Å². The number of thiophene rings is 12. The molecule has 0 aliphatic carbocycles. The minimum atomic E-state index is -0.515. The molecule has 0 saturated heterocycles. The van der Waals surface area contributed by atoms with Crippen molar-refractivity contribution in [2.75, 3.05) is 13.2 Å². The molecule has 730 valence electrons. The summed E-state index contributed by atoms with van der Waals surface area (Å²) in [5.41, 5.74) is 8.56. The first-order valence-electron chi connectivity index (χ1n) is 53.0. The molecule has 6 nitrogen and oxygen atoms in total. The molecule has 1 aromatic carbocycles. The molecule has 0 saturated carbocycles. The van der Waals surface area contributed by atoms with Gasteiger partial charge in [0.25, 0.3) is 0 Å².